The normalized spacial score (nSPS) is 15.3. The fourth-order valence-electron chi connectivity index (χ4n) is 3.95. The third-order valence-electron chi connectivity index (χ3n) is 5.92. The molecule has 2 atom stereocenters. The van der Waals surface area contributed by atoms with E-state index in [1.807, 2.05) is 0 Å². The van der Waals surface area contributed by atoms with Gasteiger partial charge in [-0.05, 0) is 52.8 Å². The second-order valence-electron chi connectivity index (χ2n) is 10.1. The van der Waals surface area contributed by atoms with E-state index in [9.17, 15) is 28.7 Å². The molecule has 1 aliphatic rings. The van der Waals surface area contributed by atoms with Crippen molar-refractivity contribution in [2.45, 2.75) is 46.3 Å². The minimum Gasteiger partial charge on any atom is -0.493 e. The van der Waals surface area contributed by atoms with Crippen molar-refractivity contribution in [2.24, 2.45) is 5.92 Å². The van der Waals surface area contributed by atoms with Gasteiger partial charge in [0.1, 0.15) is 17.5 Å². The molecule has 12 nitrogen and oxygen atoms in total. The van der Waals surface area contributed by atoms with Crippen LogP contribution in [0.25, 0.3) is 5.69 Å². The van der Waals surface area contributed by atoms with E-state index < -0.39 is 53.1 Å². The molecule has 0 saturated carbocycles. The summed E-state index contributed by atoms with van der Waals surface area (Å²) in [6.45, 7) is 9.22. The number of piperazine rings is 1. The Kier molecular flexibility index (Phi) is 9.15. The van der Waals surface area contributed by atoms with E-state index in [1.165, 1.54) is 34.9 Å². The van der Waals surface area contributed by atoms with Gasteiger partial charge in [-0.1, -0.05) is 6.07 Å². The van der Waals surface area contributed by atoms with E-state index in [0.29, 0.717) is 0 Å². The van der Waals surface area contributed by atoms with E-state index in [-0.39, 0.29) is 44.2 Å². The number of hydrogen-bond donors (Lipinski definition) is 2. The largest absolute Gasteiger partial charge is 0.493 e. The summed E-state index contributed by atoms with van der Waals surface area (Å²) in [5.41, 5.74) is -0.900. The van der Waals surface area contributed by atoms with Crippen LogP contribution in [0.1, 0.15) is 45.1 Å². The van der Waals surface area contributed by atoms with Gasteiger partial charge in [0.25, 0.3) is 5.91 Å². The van der Waals surface area contributed by atoms with Crippen molar-refractivity contribution in [2.75, 3.05) is 32.8 Å². The summed E-state index contributed by atoms with van der Waals surface area (Å²) >= 11 is 0. The number of hydrogen-bond acceptors (Lipinski definition) is 8. The zero-order valence-corrected chi connectivity index (χ0v) is 22.6. The lowest BCUT2D eigenvalue weighted by atomic mass is 9.99. The molecule has 1 aromatic heterocycles. The molecule has 1 unspecified atom stereocenters. The minimum absolute atomic E-state index is 0.167. The van der Waals surface area contributed by atoms with Gasteiger partial charge < -0.3 is 29.7 Å². The summed E-state index contributed by atoms with van der Waals surface area (Å²) in [6, 6.07) is 5.00. The third kappa shape index (κ3) is 7.45. The number of benzene rings is 1. The number of nitrogens with zero attached hydrogens (tertiary/aromatic N) is 4. The van der Waals surface area contributed by atoms with Crippen molar-refractivity contribution in [3.63, 3.8) is 0 Å². The van der Waals surface area contributed by atoms with Crippen molar-refractivity contribution < 1.29 is 38.1 Å². The summed E-state index contributed by atoms with van der Waals surface area (Å²) in [6.07, 6.45) is -0.481. The number of nitrogens with one attached hydrogen (secondary N) is 1. The Bertz CT molecular complexity index is 1220. The lowest BCUT2D eigenvalue weighted by Crippen LogP contribution is -2.58. The predicted molar refractivity (Wildman–Crippen MR) is 137 cm³/mol. The van der Waals surface area contributed by atoms with Gasteiger partial charge in [0, 0.05) is 32.2 Å². The molecule has 0 bridgehead atoms. The average molecular weight is 548 g/mol. The topological polar surface area (TPSA) is 143 Å². The number of esters is 1. The molecule has 2 heterocycles. The van der Waals surface area contributed by atoms with Crippen LogP contribution in [0.2, 0.25) is 0 Å². The van der Waals surface area contributed by atoms with E-state index >= 15 is 0 Å². The fourth-order valence-corrected chi connectivity index (χ4v) is 3.95. The van der Waals surface area contributed by atoms with Gasteiger partial charge in [-0.2, -0.15) is 5.10 Å². The number of rotatable bonds is 7. The number of carbonyl (C=O) groups is 4. The SMILES string of the molecule is CCOC(=O)N1CCN(C(=O)[C@@H](NC(=O)c2cc(O)n(-c3cccc(F)c3)n2)C(C)C(=O)OC(C)(C)C)CC1. The van der Waals surface area contributed by atoms with Gasteiger partial charge in [0.15, 0.2) is 5.69 Å². The predicted octanol–water partition coefficient (Wildman–Crippen LogP) is 2.09. The number of halogens is 1. The highest BCUT2D eigenvalue weighted by molar-refractivity contribution is 5.98. The number of carbonyl (C=O) groups excluding carboxylic acids is 4. The number of aromatic hydroxyl groups is 1. The van der Waals surface area contributed by atoms with Crippen LogP contribution in [0.4, 0.5) is 9.18 Å². The van der Waals surface area contributed by atoms with Crippen LogP contribution in [0.3, 0.4) is 0 Å². The van der Waals surface area contributed by atoms with Crippen molar-refractivity contribution >= 4 is 23.9 Å². The Morgan fingerprint density at radius 1 is 1.10 bits per heavy atom. The van der Waals surface area contributed by atoms with Crippen LogP contribution in [-0.4, -0.2) is 93.0 Å². The molecule has 1 aromatic carbocycles. The summed E-state index contributed by atoms with van der Waals surface area (Å²) in [4.78, 5) is 54.6. The quantitative estimate of drug-likeness (QED) is 0.502. The Morgan fingerprint density at radius 3 is 2.33 bits per heavy atom. The molecule has 1 fully saturated rings. The summed E-state index contributed by atoms with van der Waals surface area (Å²) in [5.74, 6) is -4.14. The lowest BCUT2D eigenvalue weighted by Gasteiger charge is -2.37. The molecule has 0 radical (unpaired) electrons. The first-order valence-electron chi connectivity index (χ1n) is 12.6. The first kappa shape index (κ1) is 29.4. The summed E-state index contributed by atoms with van der Waals surface area (Å²) < 4.78 is 25.1. The molecule has 212 valence electrons. The smallest absolute Gasteiger partial charge is 0.409 e. The van der Waals surface area contributed by atoms with Gasteiger partial charge in [0.2, 0.25) is 11.8 Å². The third-order valence-corrected chi connectivity index (χ3v) is 5.92. The van der Waals surface area contributed by atoms with Crippen LogP contribution >= 0.6 is 0 Å². The van der Waals surface area contributed by atoms with Crippen molar-refractivity contribution in [1.29, 1.82) is 0 Å². The lowest BCUT2D eigenvalue weighted by molar-refractivity contribution is -0.162. The van der Waals surface area contributed by atoms with Crippen molar-refractivity contribution in [1.82, 2.24) is 24.9 Å². The van der Waals surface area contributed by atoms with E-state index in [2.05, 4.69) is 10.4 Å². The molecule has 0 aliphatic carbocycles. The van der Waals surface area contributed by atoms with E-state index in [4.69, 9.17) is 9.47 Å². The highest BCUT2D eigenvalue weighted by Gasteiger charge is 2.38. The highest BCUT2D eigenvalue weighted by atomic mass is 19.1. The van der Waals surface area contributed by atoms with Gasteiger partial charge >= 0.3 is 12.1 Å². The summed E-state index contributed by atoms with van der Waals surface area (Å²) in [7, 11) is 0. The van der Waals surface area contributed by atoms with Crippen molar-refractivity contribution in [3.8, 4) is 11.6 Å². The molecule has 39 heavy (non-hydrogen) atoms. The van der Waals surface area contributed by atoms with Gasteiger partial charge in [-0.3, -0.25) is 14.4 Å². The summed E-state index contributed by atoms with van der Waals surface area (Å²) in [5, 5.41) is 16.9. The zero-order valence-electron chi connectivity index (χ0n) is 22.6. The molecule has 2 aromatic rings. The Labute approximate surface area is 225 Å². The van der Waals surface area contributed by atoms with E-state index in [0.717, 1.165) is 16.8 Å². The maximum absolute atomic E-state index is 13.7. The van der Waals surface area contributed by atoms with Crippen LogP contribution in [0.5, 0.6) is 5.88 Å². The molecular formula is C26H34FN5O7. The van der Waals surface area contributed by atoms with Crippen LogP contribution in [0, 0.1) is 11.7 Å². The minimum atomic E-state index is -1.33. The van der Waals surface area contributed by atoms with Crippen LogP contribution in [0.15, 0.2) is 30.3 Å². The zero-order chi connectivity index (χ0) is 28.9. The second kappa shape index (κ2) is 12.1. The Morgan fingerprint density at radius 2 is 1.74 bits per heavy atom. The maximum Gasteiger partial charge on any atom is 0.409 e. The van der Waals surface area contributed by atoms with Crippen LogP contribution in [-0.2, 0) is 19.1 Å². The van der Waals surface area contributed by atoms with Gasteiger partial charge in [-0.15, -0.1) is 0 Å². The fraction of sp³-hybridized carbons (Fsp3) is 0.500. The van der Waals surface area contributed by atoms with Crippen molar-refractivity contribution in [3.05, 3.63) is 41.8 Å². The molecular weight excluding hydrogens is 513 g/mol. The molecule has 2 N–H and O–H groups in total. The molecule has 1 aliphatic heterocycles. The molecule has 13 heteroatoms. The number of aromatic nitrogens is 2. The van der Waals surface area contributed by atoms with Crippen LogP contribution < -0.4 is 5.32 Å². The number of ether oxygens (including phenoxy) is 2. The van der Waals surface area contributed by atoms with Gasteiger partial charge in [0.05, 0.1) is 18.2 Å². The molecule has 0 spiro atoms. The average Bonchev–Trinajstić information content (AvgIpc) is 3.27. The maximum atomic E-state index is 13.7. The molecule has 3 rings (SSSR count). The standard InChI is InChI=1S/C26H34FN5O7/c1-6-38-25(37)31-12-10-30(11-13-31)23(35)21(16(2)24(36)39-26(3,4)5)28-22(34)19-15-20(33)32(29-19)18-9-7-8-17(27)14-18/h7-9,14-16,21,33H,6,10-13H2,1-5H3,(H,28,34)/t16?,21-/m0/s1. The van der Waals surface area contributed by atoms with Gasteiger partial charge in [-0.25, -0.2) is 13.9 Å². The first-order chi connectivity index (χ1) is 18.3. The highest BCUT2D eigenvalue weighted by Crippen LogP contribution is 2.21. The number of amides is 3. The first-order valence-corrected chi connectivity index (χ1v) is 12.6. The monoisotopic (exact) mass is 547 g/mol. The molecule has 3 amide bonds. The second-order valence-corrected chi connectivity index (χ2v) is 10.1. The molecule has 1 saturated heterocycles. The van der Waals surface area contributed by atoms with E-state index in [1.54, 1.807) is 27.7 Å². The Balaban J connectivity index is 1.82. The Hall–Kier alpha value is -4.16.